The Morgan fingerprint density at radius 1 is 1.30 bits per heavy atom. The molecule has 0 aliphatic rings. The molecule has 0 fully saturated rings. The molecule has 2 heterocycles. The molecule has 27 heavy (non-hydrogen) atoms. The van der Waals surface area contributed by atoms with Crippen LogP contribution in [0.25, 0.3) is 11.3 Å². The fraction of sp³-hybridized carbons (Fsp3) is 0.118. The average molecular weight is 406 g/mol. The quantitative estimate of drug-likeness (QED) is 0.672. The number of amides is 1. The first-order valence-electron chi connectivity index (χ1n) is 7.79. The van der Waals surface area contributed by atoms with Crippen LogP contribution in [0, 0.1) is 0 Å². The Hall–Kier alpha value is -2.75. The van der Waals surface area contributed by atoms with Crippen LogP contribution < -0.4 is 10.5 Å². The van der Waals surface area contributed by atoms with Crippen molar-refractivity contribution in [2.24, 2.45) is 12.2 Å². The number of pyridine rings is 1. The first kappa shape index (κ1) is 19.0. The molecule has 0 aliphatic carbocycles. The summed E-state index contributed by atoms with van der Waals surface area (Å²) in [5.74, 6) is -0.362. The van der Waals surface area contributed by atoms with Crippen LogP contribution in [0.1, 0.15) is 5.56 Å². The minimum atomic E-state index is -4.07. The summed E-state index contributed by atoms with van der Waals surface area (Å²) in [6.07, 6.45) is 4.50. The van der Waals surface area contributed by atoms with Crippen molar-refractivity contribution in [3.05, 3.63) is 59.5 Å². The third-order valence-electron chi connectivity index (χ3n) is 3.73. The highest BCUT2D eigenvalue weighted by atomic mass is 35.5. The van der Waals surface area contributed by atoms with Gasteiger partial charge in [0.05, 0.1) is 30.2 Å². The van der Waals surface area contributed by atoms with Crippen LogP contribution in [0.3, 0.4) is 0 Å². The molecule has 140 valence electrons. The Kier molecular flexibility index (Phi) is 5.26. The maximum absolute atomic E-state index is 12.3. The van der Waals surface area contributed by atoms with Gasteiger partial charge in [-0.1, -0.05) is 29.8 Å². The van der Waals surface area contributed by atoms with E-state index < -0.39 is 10.0 Å². The van der Waals surface area contributed by atoms with Crippen molar-refractivity contribution >= 4 is 33.2 Å². The summed E-state index contributed by atoms with van der Waals surface area (Å²) >= 11 is 6.05. The molecule has 1 amide bonds. The van der Waals surface area contributed by atoms with Gasteiger partial charge in [-0.25, -0.2) is 13.6 Å². The van der Waals surface area contributed by atoms with Crippen LogP contribution in [0.2, 0.25) is 5.02 Å². The van der Waals surface area contributed by atoms with Gasteiger partial charge in [0, 0.05) is 23.8 Å². The molecule has 0 saturated carbocycles. The Labute approximate surface area is 161 Å². The summed E-state index contributed by atoms with van der Waals surface area (Å²) in [7, 11) is -2.37. The van der Waals surface area contributed by atoms with E-state index in [2.05, 4.69) is 15.4 Å². The molecule has 3 N–H and O–H groups in total. The zero-order valence-electron chi connectivity index (χ0n) is 14.3. The first-order chi connectivity index (χ1) is 12.7. The maximum Gasteiger partial charge on any atom is 0.240 e. The molecule has 0 radical (unpaired) electrons. The molecule has 3 rings (SSSR count). The van der Waals surface area contributed by atoms with Crippen molar-refractivity contribution in [1.82, 2.24) is 14.8 Å². The molecular weight excluding hydrogens is 390 g/mol. The van der Waals surface area contributed by atoms with Gasteiger partial charge in [0.2, 0.25) is 15.9 Å². The lowest BCUT2D eigenvalue weighted by atomic mass is 10.1. The van der Waals surface area contributed by atoms with Crippen LogP contribution in [-0.2, 0) is 28.3 Å². The third-order valence-corrected chi connectivity index (χ3v) is 5.02. The lowest BCUT2D eigenvalue weighted by Gasteiger charge is -2.10. The summed E-state index contributed by atoms with van der Waals surface area (Å²) in [6.45, 7) is 0. The number of rotatable bonds is 5. The molecule has 2 aromatic heterocycles. The minimum absolute atomic E-state index is 0.0364. The van der Waals surface area contributed by atoms with Crippen molar-refractivity contribution in [3.8, 4) is 11.3 Å². The van der Waals surface area contributed by atoms with Crippen LogP contribution in [0.5, 0.6) is 0 Å². The Morgan fingerprint density at radius 2 is 2.04 bits per heavy atom. The van der Waals surface area contributed by atoms with Gasteiger partial charge in [0.15, 0.2) is 0 Å². The maximum atomic E-state index is 12.3. The van der Waals surface area contributed by atoms with Crippen molar-refractivity contribution in [2.45, 2.75) is 11.3 Å². The minimum Gasteiger partial charge on any atom is -0.324 e. The lowest BCUT2D eigenvalue weighted by molar-refractivity contribution is -0.115. The molecule has 0 aliphatic heterocycles. The number of aryl methyl sites for hydroxylation is 1. The van der Waals surface area contributed by atoms with Gasteiger partial charge in [-0.05, 0) is 17.7 Å². The fourth-order valence-corrected chi connectivity index (χ4v) is 3.44. The van der Waals surface area contributed by atoms with Gasteiger partial charge in [-0.15, -0.1) is 0 Å². The second-order valence-electron chi connectivity index (χ2n) is 5.83. The number of anilines is 1. The number of hydrogen-bond acceptors (Lipinski definition) is 5. The Morgan fingerprint density at radius 3 is 2.67 bits per heavy atom. The van der Waals surface area contributed by atoms with E-state index in [9.17, 15) is 13.2 Å². The Bertz CT molecular complexity index is 1110. The SMILES string of the molecule is Cn1cc(-c2ncc(NC(=O)Cc3ccccc3Cl)cc2S(N)(=O)=O)cn1. The molecule has 0 saturated heterocycles. The largest absolute Gasteiger partial charge is 0.324 e. The number of nitrogens with zero attached hydrogens (tertiary/aromatic N) is 3. The van der Waals surface area contributed by atoms with E-state index in [1.165, 1.54) is 23.1 Å². The summed E-state index contributed by atoms with van der Waals surface area (Å²) in [4.78, 5) is 16.2. The molecule has 10 heteroatoms. The molecule has 3 aromatic rings. The van der Waals surface area contributed by atoms with E-state index in [1.807, 2.05) is 0 Å². The van der Waals surface area contributed by atoms with Gasteiger partial charge in [0.1, 0.15) is 4.90 Å². The standard InChI is InChI=1S/C17H16ClN5O3S/c1-23-10-12(8-21-23)17-15(27(19,25)26)7-13(9-20-17)22-16(24)6-11-4-2-3-5-14(11)18/h2-5,7-10H,6H2,1H3,(H,22,24)(H2,19,25,26). The zero-order valence-corrected chi connectivity index (χ0v) is 15.8. The number of halogens is 1. The fourth-order valence-electron chi connectivity index (χ4n) is 2.51. The molecule has 8 nitrogen and oxygen atoms in total. The average Bonchev–Trinajstić information content (AvgIpc) is 3.02. The number of nitrogens with one attached hydrogen (secondary N) is 1. The van der Waals surface area contributed by atoms with Crippen LogP contribution >= 0.6 is 11.6 Å². The first-order valence-corrected chi connectivity index (χ1v) is 9.71. The second kappa shape index (κ2) is 7.47. The van der Waals surface area contributed by atoms with Crippen LogP contribution in [-0.4, -0.2) is 29.1 Å². The topological polar surface area (TPSA) is 120 Å². The van der Waals surface area contributed by atoms with E-state index in [1.54, 1.807) is 37.5 Å². The number of carbonyl (C=O) groups is 1. The van der Waals surface area contributed by atoms with Crippen molar-refractivity contribution < 1.29 is 13.2 Å². The summed E-state index contributed by atoms with van der Waals surface area (Å²) < 4.78 is 25.5. The predicted molar refractivity (Wildman–Crippen MR) is 102 cm³/mol. The molecule has 0 atom stereocenters. The highest BCUT2D eigenvalue weighted by Gasteiger charge is 2.19. The van der Waals surface area contributed by atoms with Crippen LogP contribution in [0.4, 0.5) is 5.69 Å². The van der Waals surface area contributed by atoms with Gasteiger partial charge in [0.25, 0.3) is 0 Å². The smallest absolute Gasteiger partial charge is 0.240 e. The van der Waals surface area contributed by atoms with Crippen LogP contribution in [0.15, 0.2) is 53.8 Å². The van der Waals surface area contributed by atoms with E-state index >= 15 is 0 Å². The van der Waals surface area contributed by atoms with Crippen molar-refractivity contribution in [2.75, 3.05) is 5.32 Å². The number of hydrogen-bond donors (Lipinski definition) is 2. The van der Waals surface area contributed by atoms with E-state index in [0.717, 1.165) is 0 Å². The van der Waals surface area contributed by atoms with Gasteiger partial charge in [-0.3, -0.25) is 14.5 Å². The van der Waals surface area contributed by atoms with Gasteiger partial charge < -0.3 is 5.32 Å². The predicted octanol–water partition coefficient (Wildman–Crippen LogP) is 1.96. The van der Waals surface area contributed by atoms with E-state index in [4.69, 9.17) is 16.7 Å². The molecule has 0 spiro atoms. The highest BCUT2D eigenvalue weighted by molar-refractivity contribution is 7.89. The summed E-state index contributed by atoms with van der Waals surface area (Å²) in [5.41, 5.74) is 1.53. The zero-order chi connectivity index (χ0) is 19.6. The van der Waals surface area contributed by atoms with E-state index in [-0.39, 0.29) is 28.6 Å². The molecule has 0 bridgehead atoms. The lowest BCUT2D eigenvalue weighted by Crippen LogP contribution is -2.17. The number of benzene rings is 1. The molecule has 1 aromatic carbocycles. The normalized spacial score (nSPS) is 11.4. The number of sulfonamides is 1. The highest BCUT2D eigenvalue weighted by Crippen LogP contribution is 2.26. The van der Waals surface area contributed by atoms with E-state index in [0.29, 0.717) is 16.1 Å². The van der Waals surface area contributed by atoms with Gasteiger partial charge in [-0.2, -0.15) is 5.10 Å². The monoisotopic (exact) mass is 405 g/mol. The van der Waals surface area contributed by atoms with Crippen molar-refractivity contribution in [1.29, 1.82) is 0 Å². The number of carbonyl (C=O) groups excluding carboxylic acids is 1. The Balaban J connectivity index is 1.89. The number of primary sulfonamides is 1. The number of nitrogens with two attached hydrogens (primary N) is 1. The molecule has 0 unspecified atom stereocenters. The summed E-state index contributed by atoms with van der Waals surface area (Å²) in [6, 6.07) is 8.24. The molecular formula is C17H16ClN5O3S. The summed E-state index contributed by atoms with van der Waals surface area (Å²) in [5, 5.41) is 12.4. The van der Waals surface area contributed by atoms with Gasteiger partial charge >= 0.3 is 0 Å². The number of aromatic nitrogens is 3. The van der Waals surface area contributed by atoms with Crippen molar-refractivity contribution in [3.63, 3.8) is 0 Å². The second-order valence-corrected chi connectivity index (χ2v) is 7.77. The third kappa shape index (κ3) is 4.51.